The summed E-state index contributed by atoms with van der Waals surface area (Å²) in [7, 11) is 0.975. The van der Waals surface area contributed by atoms with Gasteiger partial charge in [0.2, 0.25) is 0 Å². The van der Waals surface area contributed by atoms with E-state index in [0.29, 0.717) is 0 Å². The molecule has 8 heavy (non-hydrogen) atoms. The Morgan fingerprint density at radius 1 is 1.75 bits per heavy atom. The van der Waals surface area contributed by atoms with E-state index in [2.05, 4.69) is 4.74 Å². The van der Waals surface area contributed by atoms with Crippen LogP contribution < -0.4 is 0 Å². The molecule has 0 spiro atoms. The maximum atomic E-state index is 10.6. The van der Waals surface area contributed by atoms with Crippen molar-refractivity contribution < 1.29 is 18.3 Å². The Balaban J connectivity index is 0. The van der Waals surface area contributed by atoms with Gasteiger partial charge < -0.3 is 4.74 Å². The van der Waals surface area contributed by atoms with E-state index >= 15 is 0 Å². The van der Waals surface area contributed by atoms with Crippen LogP contribution in [0.15, 0.2) is 0 Å². The zero-order valence-corrected chi connectivity index (χ0v) is 4.78. The molecule has 0 fully saturated rings. The number of hydrogen-bond acceptors (Lipinski definition) is 2. The van der Waals surface area contributed by atoms with E-state index in [4.69, 9.17) is 4.79 Å². The van der Waals surface area contributed by atoms with E-state index in [0.717, 1.165) is 7.11 Å². The predicted molar refractivity (Wildman–Crippen MR) is 25.2 cm³/mol. The normalized spacial score (nSPS) is 6.50. The fourth-order valence-electron chi connectivity index (χ4n) is 0. The number of halogens is 2. The van der Waals surface area contributed by atoms with Gasteiger partial charge in [-0.25, -0.2) is 4.79 Å². The standard InChI is InChI=1S/C2H3FO2.C2H5F/c1-5-2(3)4;1-2-3/h1H3;2H2,1H3. The fourth-order valence-corrected chi connectivity index (χ4v) is 0. The fraction of sp³-hybridized carbons (Fsp3) is 0.750. The van der Waals surface area contributed by atoms with Crippen molar-refractivity contribution >= 4 is 6.22 Å². The third kappa shape index (κ3) is 56.5. The van der Waals surface area contributed by atoms with Crippen molar-refractivity contribution in [1.29, 1.82) is 0 Å². The molecule has 0 rings (SSSR count). The third-order valence-corrected chi connectivity index (χ3v) is 0.160. The molecule has 2 nitrogen and oxygen atoms in total. The van der Waals surface area contributed by atoms with Crippen LogP contribution in [0.5, 0.6) is 0 Å². The monoisotopic (exact) mass is 126 g/mol. The molecule has 0 aliphatic heterocycles. The summed E-state index contributed by atoms with van der Waals surface area (Å²) in [6, 6.07) is 0. The van der Waals surface area contributed by atoms with Gasteiger partial charge in [-0.2, -0.15) is 0 Å². The molecule has 4 heteroatoms. The van der Waals surface area contributed by atoms with E-state index < -0.39 is 6.22 Å². The van der Waals surface area contributed by atoms with Gasteiger partial charge in [0.1, 0.15) is 0 Å². The highest BCUT2D eigenvalue weighted by Gasteiger charge is 1.84. The summed E-state index contributed by atoms with van der Waals surface area (Å²) in [6.45, 7) is 1.21. The first kappa shape index (κ1) is 10.3. The molecule has 0 aromatic rings. The quantitative estimate of drug-likeness (QED) is 0.462. The Morgan fingerprint density at radius 3 is 1.88 bits per heavy atom. The minimum Gasteiger partial charge on any atom is -0.444 e. The van der Waals surface area contributed by atoms with Gasteiger partial charge >= 0.3 is 6.22 Å². The second-order valence-corrected chi connectivity index (χ2v) is 0.709. The highest BCUT2D eigenvalue weighted by Crippen LogP contribution is 1.71. The number of alkyl halides is 1. The first-order chi connectivity index (χ1) is 3.68. The van der Waals surface area contributed by atoms with Crippen LogP contribution in [-0.2, 0) is 4.74 Å². The van der Waals surface area contributed by atoms with Crippen molar-refractivity contribution in [3.8, 4) is 0 Å². The van der Waals surface area contributed by atoms with Gasteiger partial charge in [-0.15, -0.1) is 4.39 Å². The number of ether oxygens (including phenoxy) is 1. The zero-order chi connectivity index (χ0) is 6.99. The highest BCUT2D eigenvalue weighted by atomic mass is 19.1. The van der Waals surface area contributed by atoms with Crippen molar-refractivity contribution in [2.75, 3.05) is 13.8 Å². The van der Waals surface area contributed by atoms with Crippen molar-refractivity contribution in [2.24, 2.45) is 0 Å². The summed E-state index contributed by atoms with van der Waals surface area (Å²) in [6.07, 6.45) is -1.75. The van der Waals surface area contributed by atoms with E-state index in [1.165, 1.54) is 6.92 Å². The molecule has 0 atom stereocenters. The van der Waals surface area contributed by atoms with Gasteiger partial charge in [0.15, 0.2) is 0 Å². The third-order valence-electron chi connectivity index (χ3n) is 0.160. The van der Waals surface area contributed by atoms with Crippen molar-refractivity contribution in [2.45, 2.75) is 6.92 Å². The first-order valence-corrected chi connectivity index (χ1v) is 1.98. The number of rotatable bonds is 0. The summed E-state index contributed by atoms with van der Waals surface area (Å²) in [5, 5.41) is 0. The van der Waals surface area contributed by atoms with Crippen LogP contribution in [-0.4, -0.2) is 20.0 Å². The molecule has 50 valence electrons. The van der Waals surface area contributed by atoms with E-state index in [-0.39, 0.29) is 6.67 Å². The lowest BCUT2D eigenvalue weighted by atomic mass is 10.9. The second-order valence-electron chi connectivity index (χ2n) is 0.709. The Kier molecular flexibility index (Phi) is 12.4. The Morgan fingerprint density at radius 2 is 1.88 bits per heavy atom. The molecule has 0 aromatic carbocycles. The van der Waals surface area contributed by atoms with Gasteiger partial charge in [0.25, 0.3) is 0 Å². The van der Waals surface area contributed by atoms with Crippen LogP contribution in [0, 0.1) is 0 Å². The van der Waals surface area contributed by atoms with E-state index in [1.54, 1.807) is 0 Å². The number of hydrogen-bond donors (Lipinski definition) is 0. The average molecular weight is 126 g/mol. The summed E-state index contributed by atoms with van der Waals surface area (Å²) >= 11 is 0. The van der Waals surface area contributed by atoms with Crippen LogP contribution in [0.1, 0.15) is 6.92 Å². The molecule has 0 amide bonds. The molecule has 0 aliphatic rings. The topological polar surface area (TPSA) is 26.3 Å². The van der Waals surface area contributed by atoms with Crippen LogP contribution in [0.25, 0.3) is 0 Å². The lowest BCUT2D eigenvalue weighted by molar-refractivity contribution is 0.145. The van der Waals surface area contributed by atoms with Crippen LogP contribution in [0.4, 0.5) is 13.6 Å². The molecule has 0 saturated heterocycles. The zero-order valence-electron chi connectivity index (χ0n) is 4.78. The maximum Gasteiger partial charge on any atom is 0.495 e. The number of carbonyl (C=O) groups is 1. The molecule has 0 heterocycles. The SMILES string of the molecule is CCF.COC(=O)F. The number of methoxy groups -OCH3 is 1. The average Bonchev–Trinajstić information content (AvgIpc) is 1.69. The van der Waals surface area contributed by atoms with Crippen LogP contribution in [0.3, 0.4) is 0 Å². The lowest BCUT2D eigenvalue weighted by Crippen LogP contribution is -1.82. The van der Waals surface area contributed by atoms with Gasteiger partial charge in [-0.1, -0.05) is 0 Å². The molecular weight excluding hydrogens is 118 g/mol. The predicted octanol–water partition coefficient (Wildman–Crippen LogP) is 1.70. The summed E-state index contributed by atoms with van der Waals surface area (Å²) < 4.78 is 24.3. The van der Waals surface area contributed by atoms with E-state index in [1.807, 2.05) is 0 Å². The van der Waals surface area contributed by atoms with Crippen LogP contribution in [0.2, 0.25) is 0 Å². The molecule has 0 N–H and O–H groups in total. The Hall–Kier alpha value is -0.670. The van der Waals surface area contributed by atoms with Crippen molar-refractivity contribution in [3.63, 3.8) is 0 Å². The summed E-state index contributed by atoms with van der Waals surface area (Å²) in [5.41, 5.74) is 0. The van der Waals surface area contributed by atoms with Gasteiger partial charge in [-0.05, 0) is 6.92 Å². The smallest absolute Gasteiger partial charge is 0.444 e. The first-order valence-electron chi connectivity index (χ1n) is 1.98. The minimum absolute atomic E-state index is 0.250. The summed E-state index contributed by atoms with van der Waals surface area (Å²) in [4.78, 5) is 8.92. The largest absolute Gasteiger partial charge is 0.495 e. The highest BCUT2D eigenvalue weighted by molar-refractivity contribution is 5.57. The molecule has 0 saturated carbocycles. The van der Waals surface area contributed by atoms with Crippen molar-refractivity contribution in [3.05, 3.63) is 0 Å². The lowest BCUT2D eigenvalue weighted by Gasteiger charge is -1.75. The Bertz CT molecular complexity index is 56.0. The van der Waals surface area contributed by atoms with Gasteiger partial charge in [0, 0.05) is 0 Å². The maximum absolute atomic E-state index is 10.6. The number of carbonyl (C=O) groups excluding carboxylic acids is 1. The Labute approximate surface area is 46.4 Å². The molecule has 0 radical (unpaired) electrons. The molecule has 0 aromatic heterocycles. The minimum atomic E-state index is -1.75. The molecule has 0 unspecified atom stereocenters. The van der Waals surface area contributed by atoms with Gasteiger partial charge in [0.05, 0.1) is 13.8 Å². The van der Waals surface area contributed by atoms with Crippen molar-refractivity contribution in [1.82, 2.24) is 0 Å². The van der Waals surface area contributed by atoms with E-state index in [9.17, 15) is 8.78 Å². The molecule has 0 bridgehead atoms. The van der Waals surface area contributed by atoms with Crippen LogP contribution >= 0.6 is 0 Å². The molecular formula is C4H8F2O2. The van der Waals surface area contributed by atoms with Gasteiger partial charge in [-0.3, -0.25) is 4.39 Å². The summed E-state index contributed by atoms with van der Waals surface area (Å²) in [5.74, 6) is 0. The molecule has 0 aliphatic carbocycles. The second kappa shape index (κ2) is 9.59.